The molecule has 1 aromatic carbocycles. The molecule has 0 spiro atoms. The summed E-state index contributed by atoms with van der Waals surface area (Å²) in [5.41, 5.74) is 0.905. The average molecular weight is 515 g/mol. The summed E-state index contributed by atoms with van der Waals surface area (Å²) in [6.07, 6.45) is -2.24. The van der Waals surface area contributed by atoms with E-state index in [9.17, 15) is 22.0 Å². The third-order valence-corrected chi connectivity index (χ3v) is 7.16. The van der Waals surface area contributed by atoms with E-state index in [4.69, 9.17) is 4.74 Å². The molecule has 1 N–H and O–H groups in total. The number of hydrogen-bond donors (Lipinski definition) is 1. The Morgan fingerprint density at radius 1 is 1.26 bits per heavy atom. The number of benzene rings is 1. The number of sulfonamides is 1. The molecule has 35 heavy (non-hydrogen) atoms. The van der Waals surface area contributed by atoms with Crippen LogP contribution in [-0.2, 0) is 26.0 Å². The summed E-state index contributed by atoms with van der Waals surface area (Å²) in [7, 11) is -2.98. The monoisotopic (exact) mass is 514 g/mol. The summed E-state index contributed by atoms with van der Waals surface area (Å²) in [6, 6.07) is 4.84. The third-order valence-electron chi connectivity index (χ3n) is 5.77. The molecule has 2 aromatic heterocycles. The summed E-state index contributed by atoms with van der Waals surface area (Å²) < 4.78 is 89.4. The van der Waals surface area contributed by atoms with Gasteiger partial charge in [-0.1, -0.05) is 0 Å². The van der Waals surface area contributed by atoms with E-state index < -0.39 is 50.6 Å². The highest BCUT2D eigenvalue weighted by Gasteiger charge is 2.31. The highest BCUT2D eigenvalue weighted by Crippen LogP contribution is 2.33. The van der Waals surface area contributed by atoms with Crippen LogP contribution < -0.4 is 4.72 Å². The maximum Gasteiger partial charge on any atom is 0.315 e. The van der Waals surface area contributed by atoms with E-state index in [1.165, 1.54) is 0 Å². The molecule has 1 saturated heterocycles. The second-order valence-corrected chi connectivity index (χ2v) is 9.98. The smallest absolute Gasteiger partial charge is 0.315 e. The predicted molar refractivity (Wildman–Crippen MR) is 118 cm³/mol. The minimum Gasteiger partial charge on any atom is -0.374 e. The van der Waals surface area contributed by atoms with Gasteiger partial charge in [-0.3, -0.25) is 4.79 Å². The van der Waals surface area contributed by atoms with Crippen molar-refractivity contribution in [2.24, 2.45) is 0 Å². The van der Waals surface area contributed by atoms with Crippen LogP contribution in [0.25, 0.3) is 16.9 Å². The lowest BCUT2D eigenvalue weighted by molar-refractivity contribution is -0.150. The second-order valence-electron chi connectivity index (χ2n) is 8.09. The van der Waals surface area contributed by atoms with E-state index in [1.54, 1.807) is 22.7 Å². The number of imidazole rings is 1. The first-order chi connectivity index (χ1) is 16.5. The topological polar surface area (TPSA) is 93.0 Å². The van der Waals surface area contributed by atoms with Gasteiger partial charge in [0, 0.05) is 25.7 Å². The Labute approximate surface area is 198 Å². The number of hydrogen-bond acceptors (Lipinski definition) is 5. The zero-order valence-electron chi connectivity index (χ0n) is 18.8. The number of nitrogens with one attached hydrogen (secondary N) is 1. The number of rotatable bonds is 6. The number of pyridine rings is 1. The molecular formula is C22H22F4N4O4S. The molecular weight excluding hydrogens is 492 g/mol. The number of aryl methyl sites for hydroxylation is 1. The van der Waals surface area contributed by atoms with Crippen LogP contribution in [0.15, 0.2) is 35.4 Å². The Bertz CT molecular complexity index is 1370. The summed E-state index contributed by atoms with van der Waals surface area (Å²) >= 11 is 0. The maximum atomic E-state index is 15.1. The first kappa shape index (κ1) is 25.1. The minimum atomic E-state index is -4.10. The van der Waals surface area contributed by atoms with Gasteiger partial charge in [0.1, 0.15) is 17.3 Å². The molecule has 1 aliphatic rings. The fraction of sp³-hybridized carbons (Fsp3) is 0.364. The highest BCUT2D eigenvalue weighted by molar-refractivity contribution is 7.89. The van der Waals surface area contributed by atoms with Crippen LogP contribution in [0.5, 0.6) is 0 Å². The van der Waals surface area contributed by atoms with Crippen LogP contribution in [0.3, 0.4) is 0 Å². The fourth-order valence-corrected chi connectivity index (χ4v) is 4.79. The Morgan fingerprint density at radius 3 is 2.57 bits per heavy atom. The van der Waals surface area contributed by atoms with Crippen molar-refractivity contribution in [1.82, 2.24) is 19.0 Å². The van der Waals surface area contributed by atoms with Gasteiger partial charge in [-0.05, 0) is 43.8 Å². The van der Waals surface area contributed by atoms with Crippen molar-refractivity contribution in [1.29, 1.82) is 0 Å². The number of halogens is 4. The van der Waals surface area contributed by atoms with Gasteiger partial charge < -0.3 is 14.0 Å². The zero-order valence-corrected chi connectivity index (χ0v) is 19.6. The van der Waals surface area contributed by atoms with E-state index in [2.05, 4.69) is 4.98 Å². The molecule has 0 unspecified atom stereocenters. The van der Waals surface area contributed by atoms with Crippen molar-refractivity contribution in [2.45, 2.75) is 30.8 Å². The number of nitrogens with zero attached hydrogens (tertiary/aromatic N) is 3. The van der Waals surface area contributed by atoms with Gasteiger partial charge >= 0.3 is 6.43 Å². The maximum absolute atomic E-state index is 15.1. The van der Waals surface area contributed by atoms with Crippen LogP contribution in [0, 0.1) is 18.6 Å². The number of alkyl halides is 2. The predicted octanol–water partition coefficient (Wildman–Crippen LogP) is 2.53. The summed E-state index contributed by atoms with van der Waals surface area (Å²) in [5.74, 6) is -3.59. The Kier molecular flexibility index (Phi) is 6.84. The van der Waals surface area contributed by atoms with Gasteiger partial charge in [0.25, 0.3) is 5.91 Å². The van der Waals surface area contributed by atoms with Gasteiger partial charge in [0.05, 0.1) is 34.6 Å². The zero-order chi connectivity index (χ0) is 25.5. The molecule has 188 valence electrons. The van der Waals surface area contributed by atoms with Gasteiger partial charge in [0.15, 0.2) is 0 Å². The first-order valence-electron chi connectivity index (χ1n) is 10.6. The van der Waals surface area contributed by atoms with Crippen molar-refractivity contribution in [3.8, 4) is 11.3 Å². The molecule has 3 heterocycles. The number of carbonyl (C=O) groups excluding carboxylic acids is 1. The molecule has 0 aliphatic carbocycles. The van der Waals surface area contributed by atoms with Gasteiger partial charge in [-0.2, -0.15) is 8.78 Å². The highest BCUT2D eigenvalue weighted by atomic mass is 32.2. The number of aromatic nitrogens is 2. The normalized spacial score (nSPS) is 16.9. The van der Waals surface area contributed by atoms with Gasteiger partial charge in [-0.15, -0.1) is 0 Å². The van der Waals surface area contributed by atoms with Crippen molar-refractivity contribution in [3.63, 3.8) is 0 Å². The van der Waals surface area contributed by atoms with Crippen LogP contribution >= 0.6 is 0 Å². The fourth-order valence-electron chi connectivity index (χ4n) is 4.04. The van der Waals surface area contributed by atoms with Crippen LogP contribution in [0.1, 0.15) is 11.3 Å². The molecule has 4 rings (SSSR count). The number of amides is 1. The number of morpholine rings is 1. The Hall–Kier alpha value is -3.03. The van der Waals surface area contributed by atoms with Crippen LogP contribution in [-0.4, -0.2) is 67.9 Å². The third kappa shape index (κ3) is 4.88. The molecule has 1 amide bonds. The molecule has 1 fully saturated rings. The van der Waals surface area contributed by atoms with E-state index in [-0.39, 0.29) is 31.8 Å². The molecule has 0 radical (unpaired) electrons. The number of ether oxygens (including phenoxy) is 1. The van der Waals surface area contributed by atoms with E-state index >= 15 is 8.78 Å². The van der Waals surface area contributed by atoms with Gasteiger partial charge in [0.2, 0.25) is 10.0 Å². The van der Waals surface area contributed by atoms with Crippen molar-refractivity contribution in [3.05, 3.63) is 53.4 Å². The minimum absolute atomic E-state index is 0.00201. The molecule has 0 bridgehead atoms. The lowest BCUT2D eigenvalue weighted by Crippen LogP contribution is -2.48. The summed E-state index contributed by atoms with van der Waals surface area (Å²) in [6.45, 7) is 1.70. The number of fused-ring (bicyclic) bond motifs is 1. The standard InChI is InChI=1S/C22H22F4N4O4S/c1-12-3-4-30-17(8-13-11-29(5-6-34-13)22(31)21(25)26)20(28-18(30)7-12)19-15(23)9-14(10-16(19)24)35(32,33)27-2/h3-4,7,9-10,13,21,27H,5-6,8,11H2,1-2H3/t13-/m0/s1. The van der Waals surface area contributed by atoms with E-state index in [1.807, 2.05) is 11.6 Å². The van der Waals surface area contributed by atoms with Crippen LogP contribution in [0.4, 0.5) is 17.6 Å². The first-order valence-corrected chi connectivity index (χ1v) is 12.1. The van der Waals surface area contributed by atoms with E-state index in [0.717, 1.165) is 17.5 Å². The Balaban J connectivity index is 1.80. The van der Waals surface area contributed by atoms with E-state index in [0.29, 0.717) is 23.5 Å². The quantitative estimate of drug-likeness (QED) is 0.511. The van der Waals surface area contributed by atoms with Crippen molar-refractivity contribution in [2.75, 3.05) is 26.7 Å². The SMILES string of the molecule is CNS(=O)(=O)c1cc(F)c(-c2nc3cc(C)ccn3c2C[C@H]2CN(C(=O)C(F)F)CCO2)c(F)c1. The number of carbonyl (C=O) groups is 1. The van der Waals surface area contributed by atoms with Gasteiger partial charge in [-0.25, -0.2) is 26.9 Å². The van der Waals surface area contributed by atoms with Crippen molar-refractivity contribution >= 4 is 21.6 Å². The molecule has 3 aromatic rings. The van der Waals surface area contributed by atoms with Crippen LogP contribution in [0.2, 0.25) is 0 Å². The molecule has 0 saturated carbocycles. The summed E-state index contributed by atoms with van der Waals surface area (Å²) in [5, 5.41) is 0. The Morgan fingerprint density at radius 2 is 1.94 bits per heavy atom. The lowest BCUT2D eigenvalue weighted by Gasteiger charge is -2.32. The summed E-state index contributed by atoms with van der Waals surface area (Å²) in [4.78, 5) is 16.6. The molecule has 8 nitrogen and oxygen atoms in total. The molecule has 13 heteroatoms. The molecule has 1 atom stereocenters. The molecule has 1 aliphatic heterocycles. The largest absolute Gasteiger partial charge is 0.374 e. The second kappa shape index (κ2) is 9.55. The lowest BCUT2D eigenvalue weighted by atomic mass is 10.0. The van der Waals surface area contributed by atoms with Crippen molar-refractivity contribution < 1.29 is 35.5 Å². The average Bonchev–Trinajstić information content (AvgIpc) is 3.14.